The highest BCUT2D eigenvalue weighted by Gasteiger charge is 2.58. The minimum Gasteiger partial charge on any atom is -0.396 e. The Balaban J connectivity index is 2.30. The summed E-state index contributed by atoms with van der Waals surface area (Å²) in [5, 5.41) is 9.53. The molecule has 16 heavy (non-hydrogen) atoms. The summed E-state index contributed by atoms with van der Waals surface area (Å²) < 4.78 is 0. The van der Waals surface area contributed by atoms with Crippen LogP contribution < -0.4 is 0 Å². The Morgan fingerprint density at radius 2 is 1.94 bits per heavy atom. The summed E-state index contributed by atoms with van der Waals surface area (Å²) in [5.41, 5.74) is 0.841. The molecule has 94 valence electrons. The monoisotopic (exact) mass is 224 g/mol. The van der Waals surface area contributed by atoms with Gasteiger partial charge >= 0.3 is 0 Å². The van der Waals surface area contributed by atoms with Crippen molar-refractivity contribution < 1.29 is 5.11 Å². The van der Waals surface area contributed by atoms with E-state index in [0.717, 1.165) is 11.8 Å². The lowest BCUT2D eigenvalue weighted by atomic mass is 9.53. The molecule has 0 heterocycles. The Morgan fingerprint density at radius 1 is 1.25 bits per heavy atom. The first-order valence-corrected chi connectivity index (χ1v) is 7.06. The van der Waals surface area contributed by atoms with E-state index < -0.39 is 0 Å². The normalized spacial score (nSPS) is 50.1. The molecule has 0 saturated heterocycles. The maximum absolute atomic E-state index is 9.53. The highest BCUT2D eigenvalue weighted by Crippen LogP contribution is 2.65. The van der Waals surface area contributed by atoms with Crippen molar-refractivity contribution in [2.24, 2.45) is 28.6 Å². The molecule has 1 N–H and O–H groups in total. The predicted molar refractivity (Wildman–Crippen MR) is 68.2 cm³/mol. The van der Waals surface area contributed by atoms with Crippen LogP contribution in [0.5, 0.6) is 0 Å². The van der Waals surface area contributed by atoms with Crippen LogP contribution in [-0.2, 0) is 0 Å². The molecule has 1 heteroatoms. The van der Waals surface area contributed by atoms with Gasteiger partial charge in [0.2, 0.25) is 0 Å². The Labute approximate surface area is 101 Å². The van der Waals surface area contributed by atoms with E-state index in [2.05, 4.69) is 27.7 Å². The lowest BCUT2D eigenvalue weighted by Gasteiger charge is -2.52. The van der Waals surface area contributed by atoms with Crippen LogP contribution in [0.15, 0.2) is 0 Å². The summed E-state index contributed by atoms with van der Waals surface area (Å²) in [5.74, 6) is 2.25. The van der Waals surface area contributed by atoms with E-state index in [1.54, 1.807) is 0 Å². The van der Waals surface area contributed by atoms with Crippen LogP contribution in [0.1, 0.15) is 59.8 Å². The van der Waals surface area contributed by atoms with Gasteiger partial charge in [-0.05, 0) is 47.8 Å². The van der Waals surface area contributed by atoms with Crippen LogP contribution in [0.4, 0.5) is 0 Å². The quantitative estimate of drug-likeness (QED) is 0.755. The van der Waals surface area contributed by atoms with Crippen molar-refractivity contribution in [2.75, 3.05) is 6.61 Å². The highest BCUT2D eigenvalue weighted by atomic mass is 16.3. The van der Waals surface area contributed by atoms with Crippen LogP contribution in [0.3, 0.4) is 0 Å². The Bertz CT molecular complexity index is 262. The molecule has 0 aliphatic heterocycles. The zero-order valence-electron chi connectivity index (χ0n) is 11.4. The average molecular weight is 224 g/mol. The maximum atomic E-state index is 9.53. The van der Waals surface area contributed by atoms with Gasteiger partial charge in [0.1, 0.15) is 0 Å². The first kappa shape index (κ1) is 12.4. The van der Waals surface area contributed by atoms with E-state index in [4.69, 9.17) is 0 Å². The molecule has 2 aliphatic rings. The van der Waals surface area contributed by atoms with Crippen molar-refractivity contribution in [3.8, 4) is 0 Å². The number of rotatable bonds is 2. The second-order valence-corrected chi connectivity index (χ2v) is 6.93. The molecule has 2 fully saturated rings. The van der Waals surface area contributed by atoms with Gasteiger partial charge in [0.15, 0.2) is 0 Å². The van der Waals surface area contributed by atoms with Crippen LogP contribution in [0, 0.1) is 28.6 Å². The van der Waals surface area contributed by atoms with Crippen molar-refractivity contribution in [3.63, 3.8) is 0 Å². The first-order chi connectivity index (χ1) is 7.45. The second-order valence-electron chi connectivity index (χ2n) is 6.93. The summed E-state index contributed by atoms with van der Waals surface area (Å²) in [4.78, 5) is 0. The number of hydrogen-bond acceptors (Lipinski definition) is 1. The van der Waals surface area contributed by atoms with Gasteiger partial charge in [-0.15, -0.1) is 0 Å². The molecule has 0 spiro atoms. The Morgan fingerprint density at radius 3 is 2.56 bits per heavy atom. The third-order valence-corrected chi connectivity index (χ3v) is 6.50. The van der Waals surface area contributed by atoms with Gasteiger partial charge in [-0.2, -0.15) is 0 Å². The molecule has 5 atom stereocenters. The Hall–Kier alpha value is -0.0400. The third kappa shape index (κ3) is 1.47. The molecule has 0 aromatic carbocycles. The van der Waals surface area contributed by atoms with Gasteiger partial charge in [0.05, 0.1) is 0 Å². The van der Waals surface area contributed by atoms with Gasteiger partial charge in [-0.1, -0.05) is 40.5 Å². The predicted octanol–water partition coefficient (Wildman–Crippen LogP) is 3.86. The van der Waals surface area contributed by atoms with Crippen LogP contribution >= 0.6 is 0 Å². The molecule has 0 aromatic heterocycles. The molecule has 1 nitrogen and oxygen atoms in total. The Kier molecular flexibility index (Phi) is 3.11. The maximum Gasteiger partial charge on any atom is 0.0462 e. The number of fused-ring (bicyclic) bond motifs is 1. The van der Waals surface area contributed by atoms with E-state index in [9.17, 15) is 5.11 Å². The van der Waals surface area contributed by atoms with Gasteiger partial charge in [0.25, 0.3) is 0 Å². The number of aliphatic hydroxyl groups excluding tert-OH is 1. The highest BCUT2D eigenvalue weighted by molar-refractivity contribution is 5.07. The van der Waals surface area contributed by atoms with Gasteiger partial charge < -0.3 is 5.11 Å². The zero-order valence-corrected chi connectivity index (χ0v) is 11.4. The van der Waals surface area contributed by atoms with Gasteiger partial charge in [0, 0.05) is 6.61 Å². The fraction of sp³-hybridized carbons (Fsp3) is 1.00. The van der Waals surface area contributed by atoms with Crippen molar-refractivity contribution in [1.29, 1.82) is 0 Å². The number of hydrogen-bond donors (Lipinski definition) is 1. The largest absolute Gasteiger partial charge is 0.396 e. The number of aliphatic hydroxyl groups is 1. The topological polar surface area (TPSA) is 20.2 Å². The lowest BCUT2D eigenvalue weighted by Crippen LogP contribution is -2.45. The van der Waals surface area contributed by atoms with Crippen molar-refractivity contribution in [1.82, 2.24) is 0 Å². The van der Waals surface area contributed by atoms with Crippen molar-refractivity contribution in [2.45, 2.75) is 59.8 Å². The molecule has 0 unspecified atom stereocenters. The summed E-state index contributed by atoms with van der Waals surface area (Å²) in [6.45, 7) is 9.98. The molecule has 0 amide bonds. The fourth-order valence-electron chi connectivity index (χ4n) is 4.87. The smallest absolute Gasteiger partial charge is 0.0462 e. The molecule has 2 aliphatic carbocycles. The SMILES string of the molecule is C[C@H](CO)[C@@]1(C)CC[C@H]2[C@@H](C)CCC[C@@]21C. The van der Waals surface area contributed by atoms with Crippen LogP contribution in [-0.4, -0.2) is 11.7 Å². The van der Waals surface area contributed by atoms with Crippen LogP contribution in [0.2, 0.25) is 0 Å². The minimum atomic E-state index is 0.354. The van der Waals surface area contributed by atoms with E-state index in [1.165, 1.54) is 32.1 Å². The standard InChI is InChI=1S/C15H28O/c1-11-6-5-8-15(4)13(11)7-9-14(15,3)12(2)10-16/h11-13,16H,5-10H2,1-4H3/t11-,12+,13-,14+,15-/m0/s1. The average Bonchev–Trinajstić information content (AvgIpc) is 2.53. The van der Waals surface area contributed by atoms with Gasteiger partial charge in [-0.3, -0.25) is 0 Å². The first-order valence-electron chi connectivity index (χ1n) is 7.06. The summed E-state index contributed by atoms with van der Waals surface area (Å²) in [6, 6.07) is 0. The van der Waals surface area contributed by atoms with E-state index >= 15 is 0 Å². The van der Waals surface area contributed by atoms with E-state index in [1.807, 2.05) is 0 Å². The molecule has 0 bridgehead atoms. The van der Waals surface area contributed by atoms with Crippen LogP contribution in [0.25, 0.3) is 0 Å². The molecule has 0 aromatic rings. The zero-order chi connectivity index (χ0) is 12.0. The summed E-state index contributed by atoms with van der Waals surface area (Å²) in [6.07, 6.45) is 6.90. The minimum absolute atomic E-state index is 0.354. The van der Waals surface area contributed by atoms with E-state index in [-0.39, 0.29) is 0 Å². The fourth-order valence-corrected chi connectivity index (χ4v) is 4.87. The summed E-state index contributed by atoms with van der Waals surface area (Å²) >= 11 is 0. The van der Waals surface area contributed by atoms with Crippen molar-refractivity contribution in [3.05, 3.63) is 0 Å². The third-order valence-electron chi connectivity index (χ3n) is 6.50. The molecule has 2 rings (SSSR count). The van der Waals surface area contributed by atoms with E-state index in [0.29, 0.717) is 23.4 Å². The second kappa shape index (κ2) is 4.01. The molecule has 0 radical (unpaired) electrons. The molecule has 2 saturated carbocycles. The van der Waals surface area contributed by atoms with Gasteiger partial charge in [-0.25, -0.2) is 0 Å². The molecular weight excluding hydrogens is 196 g/mol. The summed E-state index contributed by atoms with van der Waals surface area (Å²) in [7, 11) is 0. The lowest BCUT2D eigenvalue weighted by molar-refractivity contribution is -0.0447. The van der Waals surface area contributed by atoms with Crippen molar-refractivity contribution >= 4 is 0 Å². The molecular formula is C15H28O.